The summed E-state index contributed by atoms with van der Waals surface area (Å²) < 4.78 is 0. The van der Waals surface area contributed by atoms with Crippen LogP contribution in [-0.4, -0.2) is 40.7 Å². The Morgan fingerprint density at radius 3 is 2.50 bits per heavy atom. The topological polar surface area (TPSA) is 57.6 Å². The highest BCUT2D eigenvalue weighted by Gasteiger charge is 2.21. The second-order valence-corrected chi connectivity index (χ2v) is 4.98. The van der Waals surface area contributed by atoms with Crippen molar-refractivity contribution in [3.05, 3.63) is 35.9 Å². The summed E-state index contributed by atoms with van der Waals surface area (Å²) in [7, 11) is 1.52. The molecule has 4 nitrogen and oxygen atoms in total. The third kappa shape index (κ3) is 4.41. The zero-order valence-electron chi connectivity index (χ0n) is 10.5. The van der Waals surface area contributed by atoms with Gasteiger partial charge >= 0.3 is 5.97 Å². The number of carboxylic acids is 1. The lowest BCUT2D eigenvalue weighted by Crippen LogP contribution is -2.41. The number of carbonyl (C=O) groups is 2. The molecule has 0 spiro atoms. The third-order valence-corrected chi connectivity index (χ3v) is 3.66. The van der Waals surface area contributed by atoms with Gasteiger partial charge in [0.2, 0.25) is 5.91 Å². The Kier molecular flexibility index (Phi) is 5.71. The summed E-state index contributed by atoms with van der Waals surface area (Å²) in [6.45, 7) is 1.50. The number of amides is 1. The maximum atomic E-state index is 11.7. The highest BCUT2D eigenvalue weighted by molar-refractivity contribution is 7.99. The van der Waals surface area contributed by atoms with Gasteiger partial charge in [0, 0.05) is 12.8 Å². The third-order valence-electron chi connectivity index (χ3n) is 2.67. The minimum Gasteiger partial charge on any atom is -0.480 e. The SMILES string of the molecule is CC(C(=O)O)N(C)C(=O)CSCc1ccccc1. The molecule has 0 saturated carbocycles. The number of benzene rings is 1. The zero-order chi connectivity index (χ0) is 13.5. The highest BCUT2D eigenvalue weighted by Crippen LogP contribution is 2.12. The molecule has 18 heavy (non-hydrogen) atoms. The lowest BCUT2D eigenvalue weighted by Gasteiger charge is -2.21. The molecule has 0 aliphatic rings. The van der Waals surface area contributed by atoms with Crippen LogP contribution in [0.1, 0.15) is 12.5 Å². The first-order valence-corrected chi connectivity index (χ1v) is 6.78. The fourth-order valence-electron chi connectivity index (χ4n) is 1.31. The maximum absolute atomic E-state index is 11.7. The van der Waals surface area contributed by atoms with Crippen LogP contribution >= 0.6 is 11.8 Å². The van der Waals surface area contributed by atoms with Crippen LogP contribution in [0.25, 0.3) is 0 Å². The molecule has 0 aromatic heterocycles. The van der Waals surface area contributed by atoms with Crippen molar-refractivity contribution in [3.8, 4) is 0 Å². The van der Waals surface area contributed by atoms with E-state index < -0.39 is 12.0 Å². The minimum absolute atomic E-state index is 0.161. The molecule has 98 valence electrons. The summed E-state index contributed by atoms with van der Waals surface area (Å²) in [5.41, 5.74) is 1.16. The van der Waals surface area contributed by atoms with Gasteiger partial charge in [-0.3, -0.25) is 4.79 Å². The van der Waals surface area contributed by atoms with E-state index in [1.807, 2.05) is 30.3 Å². The molecular formula is C13H17NO3S. The van der Waals surface area contributed by atoms with Gasteiger partial charge in [0.15, 0.2) is 0 Å². The summed E-state index contributed by atoms with van der Waals surface area (Å²) in [4.78, 5) is 23.7. The molecule has 0 saturated heterocycles. The Labute approximate surface area is 111 Å². The molecule has 1 aromatic rings. The van der Waals surface area contributed by atoms with Crippen LogP contribution in [0.5, 0.6) is 0 Å². The summed E-state index contributed by atoms with van der Waals surface area (Å²) >= 11 is 1.49. The Hall–Kier alpha value is -1.49. The first-order chi connectivity index (χ1) is 8.52. The van der Waals surface area contributed by atoms with Gasteiger partial charge in [0.1, 0.15) is 6.04 Å². The average Bonchev–Trinajstić information content (AvgIpc) is 2.38. The van der Waals surface area contributed by atoms with Gasteiger partial charge in [0.25, 0.3) is 0 Å². The molecule has 0 bridgehead atoms. The van der Waals surface area contributed by atoms with Gasteiger partial charge in [-0.25, -0.2) is 4.79 Å². The van der Waals surface area contributed by atoms with Crippen LogP contribution < -0.4 is 0 Å². The number of likely N-dealkylation sites (N-methyl/N-ethyl adjacent to an activating group) is 1. The van der Waals surface area contributed by atoms with Crippen LogP contribution in [0.2, 0.25) is 0 Å². The number of hydrogen-bond donors (Lipinski definition) is 1. The van der Waals surface area contributed by atoms with Crippen molar-refractivity contribution in [2.24, 2.45) is 0 Å². The second kappa shape index (κ2) is 7.06. The molecular weight excluding hydrogens is 250 g/mol. The fourth-order valence-corrected chi connectivity index (χ4v) is 2.22. The van der Waals surface area contributed by atoms with Crippen LogP contribution in [0, 0.1) is 0 Å². The molecule has 1 aromatic carbocycles. The van der Waals surface area contributed by atoms with Gasteiger partial charge in [-0.05, 0) is 12.5 Å². The minimum atomic E-state index is -0.987. The molecule has 5 heteroatoms. The van der Waals surface area contributed by atoms with Crippen molar-refractivity contribution in [2.75, 3.05) is 12.8 Å². The quantitative estimate of drug-likeness (QED) is 0.854. The van der Waals surface area contributed by atoms with E-state index in [1.54, 1.807) is 0 Å². The molecule has 1 unspecified atom stereocenters. The van der Waals surface area contributed by atoms with Crippen LogP contribution in [0.4, 0.5) is 0 Å². The van der Waals surface area contributed by atoms with Crippen LogP contribution in [0.3, 0.4) is 0 Å². The molecule has 1 atom stereocenters. The van der Waals surface area contributed by atoms with E-state index >= 15 is 0 Å². The standard InChI is InChI=1S/C13H17NO3S/c1-10(13(16)17)14(2)12(15)9-18-8-11-6-4-3-5-7-11/h3-7,10H,8-9H2,1-2H3,(H,16,17). The second-order valence-electron chi connectivity index (χ2n) is 4.00. The molecule has 0 radical (unpaired) electrons. The molecule has 1 rings (SSSR count). The lowest BCUT2D eigenvalue weighted by molar-refractivity contribution is -0.147. The number of thioether (sulfide) groups is 1. The van der Waals surface area contributed by atoms with Gasteiger partial charge in [-0.1, -0.05) is 30.3 Å². The number of aliphatic carboxylic acids is 1. The van der Waals surface area contributed by atoms with Crippen molar-refractivity contribution in [1.29, 1.82) is 0 Å². The van der Waals surface area contributed by atoms with Crippen molar-refractivity contribution in [1.82, 2.24) is 4.90 Å². The van der Waals surface area contributed by atoms with E-state index in [1.165, 1.54) is 30.6 Å². The number of rotatable bonds is 6. The first kappa shape index (κ1) is 14.6. The van der Waals surface area contributed by atoms with E-state index in [2.05, 4.69) is 0 Å². The number of nitrogens with zero attached hydrogens (tertiary/aromatic N) is 1. The van der Waals surface area contributed by atoms with Crippen LogP contribution in [0.15, 0.2) is 30.3 Å². The first-order valence-electron chi connectivity index (χ1n) is 5.62. The van der Waals surface area contributed by atoms with E-state index in [0.29, 0.717) is 5.75 Å². The predicted octanol–water partition coefficient (Wildman–Crippen LogP) is 1.85. The van der Waals surface area contributed by atoms with Crippen molar-refractivity contribution in [3.63, 3.8) is 0 Å². The molecule has 1 amide bonds. The molecule has 0 heterocycles. The summed E-state index contributed by atoms with van der Waals surface area (Å²) in [6.07, 6.45) is 0. The molecule has 0 fully saturated rings. The molecule has 0 aliphatic carbocycles. The Morgan fingerprint density at radius 2 is 1.94 bits per heavy atom. The largest absolute Gasteiger partial charge is 0.480 e. The summed E-state index contributed by atoms with van der Waals surface area (Å²) in [5.74, 6) is -0.102. The Morgan fingerprint density at radius 1 is 1.33 bits per heavy atom. The van der Waals surface area contributed by atoms with E-state index in [-0.39, 0.29) is 5.91 Å². The van der Waals surface area contributed by atoms with Crippen molar-refractivity contribution < 1.29 is 14.7 Å². The highest BCUT2D eigenvalue weighted by atomic mass is 32.2. The predicted molar refractivity (Wildman–Crippen MR) is 72.5 cm³/mol. The van der Waals surface area contributed by atoms with Gasteiger partial charge in [-0.2, -0.15) is 0 Å². The summed E-state index contributed by atoms with van der Waals surface area (Å²) in [5, 5.41) is 8.80. The molecule has 1 N–H and O–H groups in total. The number of carbonyl (C=O) groups excluding carboxylic acids is 1. The van der Waals surface area contributed by atoms with E-state index in [4.69, 9.17) is 5.11 Å². The van der Waals surface area contributed by atoms with Crippen LogP contribution in [-0.2, 0) is 15.3 Å². The van der Waals surface area contributed by atoms with Crippen molar-refractivity contribution >= 4 is 23.6 Å². The van der Waals surface area contributed by atoms with Gasteiger partial charge < -0.3 is 10.0 Å². The molecule has 0 aliphatic heterocycles. The lowest BCUT2D eigenvalue weighted by atomic mass is 10.2. The number of hydrogen-bond acceptors (Lipinski definition) is 3. The van der Waals surface area contributed by atoms with Crippen molar-refractivity contribution in [2.45, 2.75) is 18.7 Å². The van der Waals surface area contributed by atoms with Gasteiger partial charge in [-0.15, -0.1) is 11.8 Å². The monoisotopic (exact) mass is 267 g/mol. The normalized spacial score (nSPS) is 11.9. The Bertz CT molecular complexity index is 408. The van der Waals surface area contributed by atoms with Gasteiger partial charge in [0.05, 0.1) is 5.75 Å². The average molecular weight is 267 g/mol. The summed E-state index contributed by atoms with van der Waals surface area (Å²) in [6, 6.07) is 9.08. The Balaban J connectivity index is 2.35. The van der Waals surface area contributed by atoms with E-state index in [9.17, 15) is 9.59 Å². The smallest absolute Gasteiger partial charge is 0.326 e. The fraction of sp³-hybridized carbons (Fsp3) is 0.385. The number of carboxylic acid groups (broad SMARTS) is 1. The zero-order valence-corrected chi connectivity index (χ0v) is 11.3. The maximum Gasteiger partial charge on any atom is 0.326 e. The van der Waals surface area contributed by atoms with E-state index in [0.717, 1.165) is 11.3 Å².